The monoisotopic (exact) mass is 190 g/mol. The highest BCUT2D eigenvalue weighted by Crippen LogP contribution is 2.11. The van der Waals surface area contributed by atoms with Crippen molar-refractivity contribution in [1.29, 1.82) is 0 Å². The van der Waals surface area contributed by atoms with Crippen molar-refractivity contribution in [3.63, 3.8) is 0 Å². The number of aromatic nitrogens is 2. The first kappa shape index (κ1) is 8.92. The van der Waals surface area contributed by atoms with Gasteiger partial charge in [0.1, 0.15) is 0 Å². The molecule has 0 aliphatic rings. The molecule has 0 fully saturated rings. The van der Waals surface area contributed by atoms with Crippen LogP contribution in [0.25, 0.3) is 11.4 Å². The lowest BCUT2D eigenvalue weighted by atomic mass is 9.80. The Bertz CT molecular complexity index is 399. The molecule has 14 heavy (non-hydrogen) atoms. The highest BCUT2D eigenvalue weighted by Gasteiger charge is 2.10. The van der Waals surface area contributed by atoms with Gasteiger partial charge in [-0.1, -0.05) is 29.4 Å². The van der Waals surface area contributed by atoms with E-state index < -0.39 is 7.12 Å². The van der Waals surface area contributed by atoms with Crippen LogP contribution < -0.4 is 5.46 Å². The van der Waals surface area contributed by atoms with E-state index in [2.05, 4.69) is 14.7 Å². The second-order valence-electron chi connectivity index (χ2n) is 2.75. The van der Waals surface area contributed by atoms with Crippen molar-refractivity contribution in [2.24, 2.45) is 0 Å². The fraction of sp³-hybridized carbons (Fsp3) is 0. The number of hydrogen-bond acceptors (Lipinski definition) is 5. The van der Waals surface area contributed by atoms with E-state index in [1.165, 1.54) is 6.39 Å². The average Bonchev–Trinajstić information content (AvgIpc) is 2.71. The lowest BCUT2D eigenvalue weighted by Crippen LogP contribution is -2.29. The number of hydrogen-bond donors (Lipinski definition) is 2. The summed E-state index contributed by atoms with van der Waals surface area (Å²) in [5.74, 6) is 0.476. The van der Waals surface area contributed by atoms with Crippen LogP contribution in [-0.4, -0.2) is 27.3 Å². The smallest absolute Gasteiger partial charge is 0.423 e. The van der Waals surface area contributed by atoms with Crippen molar-refractivity contribution in [1.82, 2.24) is 10.1 Å². The molecule has 0 bridgehead atoms. The molecule has 2 N–H and O–H groups in total. The second-order valence-corrected chi connectivity index (χ2v) is 2.75. The number of rotatable bonds is 2. The highest BCUT2D eigenvalue weighted by molar-refractivity contribution is 6.58. The first-order valence-electron chi connectivity index (χ1n) is 4.00. The second kappa shape index (κ2) is 3.61. The molecule has 6 heteroatoms. The lowest BCUT2D eigenvalue weighted by molar-refractivity contribution is 0.419. The third-order valence-electron chi connectivity index (χ3n) is 1.83. The Morgan fingerprint density at radius 1 is 1.14 bits per heavy atom. The molecule has 0 amide bonds. The third kappa shape index (κ3) is 1.66. The highest BCUT2D eigenvalue weighted by atomic mass is 16.5. The van der Waals surface area contributed by atoms with Gasteiger partial charge in [0, 0.05) is 5.56 Å². The third-order valence-corrected chi connectivity index (χ3v) is 1.83. The van der Waals surface area contributed by atoms with Gasteiger partial charge in [0.05, 0.1) is 0 Å². The van der Waals surface area contributed by atoms with Crippen molar-refractivity contribution >= 4 is 12.6 Å². The molecule has 0 spiro atoms. The van der Waals surface area contributed by atoms with Crippen molar-refractivity contribution in [3.05, 3.63) is 30.7 Å². The molecular formula is C8H7BN2O3. The molecule has 0 saturated carbocycles. The molecule has 70 valence electrons. The number of nitrogens with zero attached hydrogens (tertiary/aromatic N) is 2. The van der Waals surface area contributed by atoms with E-state index in [0.717, 1.165) is 5.56 Å². The molecule has 0 saturated heterocycles. The summed E-state index contributed by atoms with van der Waals surface area (Å²) in [6.45, 7) is 0. The predicted octanol–water partition coefficient (Wildman–Crippen LogP) is -0.584. The van der Waals surface area contributed by atoms with E-state index in [4.69, 9.17) is 10.0 Å². The van der Waals surface area contributed by atoms with Crippen molar-refractivity contribution in [3.8, 4) is 11.4 Å². The fourth-order valence-electron chi connectivity index (χ4n) is 1.10. The van der Waals surface area contributed by atoms with Crippen LogP contribution in [0.4, 0.5) is 0 Å². The van der Waals surface area contributed by atoms with Gasteiger partial charge in [-0.3, -0.25) is 0 Å². The SMILES string of the molecule is OB(O)c1ccc(-c2ncon2)cc1. The summed E-state index contributed by atoms with van der Waals surface area (Å²) in [6, 6.07) is 6.58. The molecule has 0 radical (unpaired) electrons. The zero-order valence-electron chi connectivity index (χ0n) is 7.16. The molecule has 0 aliphatic heterocycles. The molecule has 2 rings (SSSR count). The standard InChI is InChI=1S/C8H7BN2O3/c12-9(13)7-3-1-6(2-4-7)8-10-5-14-11-8/h1-5,12-13H. The van der Waals surface area contributed by atoms with E-state index in [1.807, 2.05) is 0 Å². The van der Waals surface area contributed by atoms with E-state index in [9.17, 15) is 0 Å². The maximum absolute atomic E-state index is 8.85. The first-order valence-corrected chi connectivity index (χ1v) is 4.00. The van der Waals surface area contributed by atoms with E-state index >= 15 is 0 Å². The molecule has 1 heterocycles. The zero-order chi connectivity index (χ0) is 9.97. The minimum Gasteiger partial charge on any atom is -0.423 e. The Labute approximate surface area is 80.2 Å². The minimum atomic E-state index is -1.45. The zero-order valence-corrected chi connectivity index (χ0v) is 7.16. The molecule has 2 aromatic rings. The number of benzene rings is 1. The van der Waals surface area contributed by atoms with Gasteiger partial charge in [-0.25, -0.2) is 0 Å². The maximum atomic E-state index is 8.85. The van der Waals surface area contributed by atoms with Gasteiger partial charge in [0.15, 0.2) is 0 Å². The molecular weight excluding hydrogens is 183 g/mol. The summed E-state index contributed by atoms with van der Waals surface area (Å²) in [6.07, 6.45) is 1.24. The van der Waals surface area contributed by atoms with Gasteiger partial charge in [0.25, 0.3) is 0 Å². The predicted molar refractivity (Wildman–Crippen MR) is 49.6 cm³/mol. The maximum Gasteiger partial charge on any atom is 0.488 e. The van der Waals surface area contributed by atoms with Crippen LogP contribution in [0.3, 0.4) is 0 Å². The molecule has 1 aromatic heterocycles. The van der Waals surface area contributed by atoms with Crippen molar-refractivity contribution < 1.29 is 14.6 Å². The normalized spacial score (nSPS) is 10.1. The van der Waals surface area contributed by atoms with Gasteiger partial charge < -0.3 is 14.6 Å². The van der Waals surface area contributed by atoms with E-state index in [-0.39, 0.29) is 0 Å². The minimum absolute atomic E-state index is 0.428. The molecule has 0 aliphatic carbocycles. The fourth-order valence-corrected chi connectivity index (χ4v) is 1.10. The summed E-state index contributed by atoms with van der Waals surface area (Å²) < 4.78 is 4.59. The van der Waals surface area contributed by atoms with Crippen LogP contribution in [-0.2, 0) is 0 Å². The lowest BCUT2D eigenvalue weighted by Gasteiger charge is -1.99. The van der Waals surface area contributed by atoms with Gasteiger partial charge >= 0.3 is 7.12 Å². The van der Waals surface area contributed by atoms with Crippen molar-refractivity contribution in [2.45, 2.75) is 0 Å². The topological polar surface area (TPSA) is 79.4 Å². The van der Waals surface area contributed by atoms with Gasteiger partial charge in [-0.15, -0.1) is 0 Å². The summed E-state index contributed by atoms with van der Waals surface area (Å²) >= 11 is 0. The van der Waals surface area contributed by atoms with E-state index in [1.54, 1.807) is 24.3 Å². The Balaban J connectivity index is 2.31. The summed E-state index contributed by atoms with van der Waals surface area (Å²) in [7, 11) is -1.45. The van der Waals surface area contributed by atoms with Crippen LogP contribution in [0.1, 0.15) is 0 Å². The van der Waals surface area contributed by atoms with Crippen LogP contribution in [0, 0.1) is 0 Å². The van der Waals surface area contributed by atoms with Crippen molar-refractivity contribution in [2.75, 3.05) is 0 Å². The van der Waals surface area contributed by atoms with Gasteiger partial charge in [-0.05, 0) is 5.46 Å². The molecule has 0 atom stereocenters. The Hall–Kier alpha value is -1.66. The molecule has 0 unspecified atom stereocenters. The first-order chi connectivity index (χ1) is 6.77. The van der Waals surface area contributed by atoms with Crippen LogP contribution in [0.2, 0.25) is 0 Å². The Morgan fingerprint density at radius 2 is 1.86 bits per heavy atom. The van der Waals surface area contributed by atoms with Crippen LogP contribution >= 0.6 is 0 Å². The Morgan fingerprint density at radius 3 is 2.36 bits per heavy atom. The van der Waals surface area contributed by atoms with Gasteiger partial charge in [-0.2, -0.15) is 4.98 Å². The summed E-state index contributed by atoms with van der Waals surface area (Å²) in [4.78, 5) is 3.86. The van der Waals surface area contributed by atoms with Crippen LogP contribution in [0.15, 0.2) is 35.2 Å². The van der Waals surface area contributed by atoms with E-state index in [0.29, 0.717) is 11.3 Å². The molecule has 5 nitrogen and oxygen atoms in total. The van der Waals surface area contributed by atoms with Gasteiger partial charge in [0.2, 0.25) is 12.2 Å². The van der Waals surface area contributed by atoms with Crippen LogP contribution in [0.5, 0.6) is 0 Å². The average molecular weight is 190 g/mol. The largest absolute Gasteiger partial charge is 0.488 e. The summed E-state index contributed by atoms with van der Waals surface area (Å²) in [5, 5.41) is 21.4. The Kier molecular flexibility index (Phi) is 2.30. The quantitative estimate of drug-likeness (QED) is 0.619. The molecule has 1 aromatic carbocycles. The summed E-state index contributed by atoms with van der Waals surface area (Å²) in [5.41, 5.74) is 1.19.